The number of thioether (sulfide) groups is 2. The van der Waals surface area contributed by atoms with Crippen LogP contribution in [0, 0.1) is 13.8 Å². The molecule has 1 saturated heterocycles. The minimum Gasteiger partial charge on any atom is -0.477 e. The van der Waals surface area contributed by atoms with Gasteiger partial charge in [0.1, 0.15) is 27.8 Å². The molecule has 4 heterocycles. The summed E-state index contributed by atoms with van der Waals surface area (Å²) >= 11 is 7.62. The molecular weight excluding hydrogens is 528 g/mol. The first-order valence-electron chi connectivity index (χ1n) is 9.02. The predicted molar refractivity (Wildman–Crippen MR) is 120 cm³/mol. The Balaban J connectivity index is 1.50. The fraction of sp³-hybridized carbons (Fsp3) is 0.412. The number of carboxylic acid groups (broad SMARTS) is 1. The monoisotopic (exact) mass is 544 g/mol. The summed E-state index contributed by atoms with van der Waals surface area (Å²) in [6.45, 7) is 3.61. The van der Waals surface area contributed by atoms with Crippen LogP contribution < -0.4 is 5.32 Å². The van der Waals surface area contributed by atoms with E-state index in [4.69, 9.17) is 0 Å². The van der Waals surface area contributed by atoms with Crippen molar-refractivity contribution in [3.63, 3.8) is 0 Å². The highest BCUT2D eigenvalue weighted by atomic mass is 79.9. The highest BCUT2D eigenvalue weighted by Gasteiger charge is 2.54. The molecule has 0 bridgehead atoms. The van der Waals surface area contributed by atoms with Crippen molar-refractivity contribution in [2.75, 3.05) is 11.5 Å². The Morgan fingerprint density at radius 3 is 2.68 bits per heavy atom. The minimum absolute atomic E-state index is 0.00876. The summed E-state index contributed by atoms with van der Waals surface area (Å²) in [4.78, 5) is 38.8. The van der Waals surface area contributed by atoms with Crippen molar-refractivity contribution < 1.29 is 19.5 Å². The van der Waals surface area contributed by atoms with Crippen molar-refractivity contribution in [3.05, 3.63) is 32.1 Å². The fourth-order valence-corrected chi connectivity index (χ4v) is 7.19. The molecule has 10 nitrogen and oxygen atoms in total. The number of rotatable bonds is 6. The van der Waals surface area contributed by atoms with Crippen LogP contribution in [0.2, 0.25) is 0 Å². The molecule has 2 atom stereocenters. The molecule has 0 aromatic carbocycles. The number of β-lactam (4-membered cyclic amide) rings is 1. The van der Waals surface area contributed by atoms with Gasteiger partial charge in [0.05, 0.1) is 10.2 Å². The number of carbonyl (C=O) groups is 3. The summed E-state index contributed by atoms with van der Waals surface area (Å²) in [7, 11) is 1.64. The lowest BCUT2D eigenvalue weighted by Crippen LogP contribution is -2.70. The second-order valence-corrected chi connectivity index (χ2v) is 11.2. The Hall–Kier alpha value is -1.90. The summed E-state index contributed by atoms with van der Waals surface area (Å²) in [6.07, 6.45) is 0. The lowest BCUT2D eigenvalue weighted by molar-refractivity contribution is -0.148. The zero-order valence-electron chi connectivity index (χ0n) is 16.6. The number of aryl methyl sites for hydroxylation is 3. The van der Waals surface area contributed by atoms with Crippen molar-refractivity contribution >= 4 is 68.6 Å². The third-order valence-corrected chi connectivity index (χ3v) is 9.13. The van der Waals surface area contributed by atoms with Gasteiger partial charge in [0.15, 0.2) is 4.34 Å². The number of hydrogen-bond donors (Lipinski definition) is 2. The first-order valence-corrected chi connectivity index (χ1v) is 12.7. The van der Waals surface area contributed by atoms with E-state index in [0.717, 1.165) is 9.35 Å². The van der Waals surface area contributed by atoms with Crippen LogP contribution in [0.25, 0.3) is 0 Å². The summed E-state index contributed by atoms with van der Waals surface area (Å²) in [5.74, 6) is -1.19. The van der Waals surface area contributed by atoms with Crippen LogP contribution in [0.4, 0.5) is 0 Å². The van der Waals surface area contributed by atoms with Gasteiger partial charge in [0, 0.05) is 18.6 Å². The molecule has 2 amide bonds. The molecule has 14 heteroatoms. The normalized spacial score (nSPS) is 20.5. The topological polar surface area (TPSA) is 130 Å². The first kappa shape index (κ1) is 22.3. The zero-order valence-corrected chi connectivity index (χ0v) is 20.6. The molecule has 0 aliphatic carbocycles. The van der Waals surface area contributed by atoms with E-state index >= 15 is 0 Å². The van der Waals surface area contributed by atoms with Gasteiger partial charge >= 0.3 is 5.97 Å². The minimum atomic E-state index is -1.16. The average Bonchev–Trinajstić information content (AvgIpc) is 3.25. The van der Waals surface area contributed by atoms with E-state index in [1.807, 2.05) is 6.92 Å². The van der Waals surface area contributed by atoms with Crippen molar-refractivity contribution in [2.45, 2.75) is 29.6 Å². The first-order chi connectivity index (χ1) is 14.7. The molecule has 2 N–H and O–H groups in total. The maximum absolute atomic E-state index is 12.8. The maximum atomic E-state index is 12.8. The third-order valence-electron chi connectivity index (χ3n) is 4.78. The number of aliphatic carboxylic acids is 1. The van der Waals surface area contributed by atoms with E-state index in [1.165, 1.54) is 44.4 Å². The van der Waals surface area contributed by atoms with Gasteiger partial charge in [-0.1, -0.05) is 23.1 Å². The highest BCUT2D eigenvalue weighted by molar-refractivity contribution is 9.10. The van der Waals surface area contributed by atoms with E-state index in [1.54, 1.807) is 14.0 Å². The molecule has 164 valence electrons. The number of nitrogens with one attached hydrogen (secondary N) is 1. The number of nitrogens with zero attached hydrogens (tertiary/aromatic N) is 5. The van der Waals surface area contributed by atoms with Gasteiger partial charge in [-0.15, -0.1) is 22.0 Å². The van der Waals surface area contributed by atoms with Crippen LogP contribution in [-0.4, -0.2) is 70.7 Å². The lowest BCUT2D eigenvalue weighted by Gasteiger charge is -2.49. The maximum Gasteiger partial charge on any atom is 0.352 e. The fourth-order valence-electron chi connectivity index (χ4n) is 3.37. The van der Waals surface area contributed by atoms with Crippen LogP contribution in [0.15, 0.2) is 20.1 Å². The number of amides is 2. The molecule has 0 radical (unpaired) electrons. The van der Waals surface area contributed by atoms with Crippen molar-refractivity contribution in [3.8, 4) is 0 Å². The number of fused-ring (bicyclic) bond motifs is 1. The van der Waals surface area contributed by atoms with Gasteiger partial charge < -0.3 is 10.4 Å². The summed E-state index contributed by atoms with van der Waals surface area (Å²) in [5.41, 5.74) is 1.60. The largest absolute Gasteiger partial charge is 0.477 e. The van der Waals surface area contributed by atoms with E-state index in [0.29, 0.717) is 32.9 Å². The van der Waals surface area contributed by atoms with Crippen LogP contribution in [0.1, 0.15) is 21.2 Å². The van der Waals surface area contributed by atoms with Gasteiger partial charge in [-0.2, -0.15) is 5.10 Å². The van der Waals surface area contributed by atoms with Crippen LogP contribution in [-0.2, 0) is 16.6 Å². The zero-order chi connectivity index (χ0) is 22.4. The molecular formula is C17H17BrN6O4S3. The Labute approximate surface area is 198 Å². The lowest BCUT2D eigenvalue weighted by atomic mass is 10.0. The van der Waals surface area contributed by atoms with E-state index in [2.05, 4.69) is 36.5 Å². The molecule has 2 aliphatic heterocycles. The highest BCUT2D eigenvalue weighted by Crippen LogP contribution is 2.42. The molecule has 0 spiro atoms. The van der Waals surface area contributed by atoms with E-state index in [-0.39, 0.29) is 5.70 Å². The second-order valence-electron chi connectivity index (χ2n) is 6.87. The van der Waals surface area contributed by atoms with Crippen LogP contribution in [0.5, 0.6) is 0 Å². The number of hydrogen-bond acceptors (Lipinski definition) is 9. The van der Waals surface area contributed by atoms with Crippen molar-refractivity contribution in [2.24, 2.45) is 7.05 Å². The second kappa shape index (κ2) is 8.56. The summed E-state index contributed by atoms with van der Waals surface area (Å²) in [5, 5.41) is 25.1. The quantitative estimate of drug-likeness (QED) is 0.412. The standard InChI is InChI=1S/C17H17BrN6O4S3/c1-6-9(18)12(23(3)22-6)13(25)19-10-14(26)24-11(16(27)28)8(4-29-15(10)24)5-30-17-21-20-7(2)31-17/h10,15H,4-5H2,1-3H3,(H,19,25)(H,27,28)/t10-,15-/m1/s1. The number of carbonyl (C=O) groups excluding carboxylic acids is 2. The van der Waals surface area contributed by atoms with Crippen LogP contribution >= 0.6 is 50.8 Å². The summed E-state index contributed by atoms with van der Waals surface area (Å²) in [6, 6.07) is -0.797. The van der Waals surface area contributed by atoms with Gasteiger partial charge in [0.2, 0.25) is 0 Å². The molecule has 4 rings (SSSR count). The summed E-state index contributed by atoms with van der Waals surface area (Å²) < 4.78 is 2.75. The molecule has 0 saturated carbocycles. The Morgan fingerprint density at radius 2 is 2.10 bits per heavy atom. The molecule has 0 unspecified atom stereocenters. The molecule has 2 aromatic heterocycles. The van der Waals surface area contributed by atoms with Crippen molar-refractivity contribution in [1.29, 1.82) is 0 Å². The van der Waals surface area contributed by atoms with Gasteiger partial charge in [0.25, 0.3) is 11.8 Å². The predicted octanol–water partition coefficient (Wildman–Crippen LogP) is 1.80. The Kier molecular flexibility index (Phi) is 6.16. The molecule has 31 heavy (non-hydrogen) atoms. The average molecular weight is 545 g/mol. The van der Waals surface area contributed by atoms with Crippen LogP contribution in [0.3, 0.4) is 0 Å². The van der Waals surface area contributed by atoms with Gasteiger partial charge in [-0.25, -0.2) is 4.79 Å². The van der Waals surface area contributed by atoms with E-state index < -0.39 is 29.2 Å². The SMILES string of the molecule is Cc1nnc(SCC2=C(C(=O)O)N3C(=O)[C@@H](NC(=O)c4c(Br)c(C)nn4C)[C@H]3SC2)s1. The van der Waals surface area contributed by atoms with Gasteiger partial charge in [-0.05, 0) is 35.4 Å². The Morgan fingerprint density at radius 1 is 1.35 bits per heavy atom. The third kappa shape index (κ3) is 4.01. The smallest absolute Gasteiger partial charge is 0.352 e. The number of carboxylic acids is 1. The number of aromatic nitrogens is 4. The Bertz CT molecular complexity index is 1130. The van der Waals surface area contributed by atoms with Gasteiger partial charge in [-0.3, -0.25) is 19.2 Å². The molecule has 2 aliphatic rings. The molecule has 2 aromatic rings. The van der Waals surface area contributed by atoms with E-state index in [9.17, 15) is 19.5 Å². The van der Waals surface area contributed by atoms with Crippen molar-refractivity contribution in [1.82, 2.24) is 30.2 Å². The molecule has 1 fully saturated rings. The number of halogens is 1.